The third-order valence-electron chi connectivity index (χ3n) is 2.36. The second-order valence-electron chi connectivity index (χ2n) is 3.59. The number of esters is 1. The van der Waals surface area contributed by atoms with Crippen LogP contribution >= 0.6 is 0 Å². The van der Waals surface area contributed by atoms with Gasteiger partial charge in [0, 0.05) is 30.2 Å². The first kappa shape index (κ1) is 12.1. The van der Waals surface area contributed by atoms with Crippen LogP contribution in [0.5, 0.6) is 0 Å². The first-order valence-electron chi connectivity index (χ1n) is 5.74. The number of hydrogen-bond donors (Lipinski definition) is 0. The molecule has 0 saturated heterocycles. The molecule has 92 valence electrons. The molecule has 0 bridgehead atoms. The van der Waals surface area contributed by atoms with Crippen LogP contribution in [0.25, 0.3) is 17.6 Å². The van der Waals surface area contributed by atoms with E-state index in [0.717, 1.165) is 11.4 Å². The minimum Gasteiger partial charge on any atom is -0.463 e. The molecular formula is C14H14N2O2. The molecule has 4 heteroatoms. The predicted molar refractivity (Wildman–Crippen MR) is 69.6 cm³/mol. The van der Waals surface area contributed by atoms with Gasteiger partial charge in [-0.15, -0.1) is 0 Å². The maximum Gasteiger partial charge on any atom is 0.332 e. The maximum absolute atomic E-state index is 11.2. The Morgan fingerprint density at radius 3 is 2.89 bits per heavy atom. The van der Waals surface area contributed by atoms with Crippen molar-refractivity contribution in [3.8, 4) is 11.4 Å². The van der Waals surface area contributed by atoms with Gasteiger partial charge < -0.3 is 9.30 Å². The van der Waals surface area contributed by atoms with E-state index in [2.05, 4.69) is 4.98 Å². The molecule has 0 N–H and O–H groups in total. The van der Waals surface area contributed by atoms with Gasteiger partial charge in [-0.3, -0.25) is 0 Å². The van der Waals surface area contributed by atoms with Gasteiger partial charge in [0.05, 0.1) is 6.61 Å². The molecule has 0 aliphatic carbocycles. The largest absolute Gasteiger partial charge is 0.463 e. The summed E-state index contributed by atoms with van der Waals surface area (Å²) in [7, 11) is 0. The van der Waals surface area contributed by atoms with Crippen molar-refractivity contribution in [3.05, 3.63) is 48.8 Å². The molecule has 1 aromatic carbocycles. The summed E-state index contributed by atoms with van der Waals surface area (Å²) in [5.74, 6) is 0.432. The summed E-state index contributed by atoms with van der Waals surface area (Å²) < 4.78 is 6.61. The molecule has 1 aromatic heterocycles. The lowest BCUT2D eigenvalue weighted by Crippen LogP contribution is -2.00. The van der Waals surface area contributed by atoms with Crippen molar-refractivity contribution in [1.29, 1.82) is 0 Å². The van der Waals surface area contributed by atoms with E-state index < -0.39 is 0 Å². The van der Waals surface area contributed by atoms with Crippen molar-refractivity contribution in [1.82, 2.24) is 9.55 Å². The molecule has 0 fully saturated rings. The van der Waals surface area contributed by atoms with Gasteiger partial charge in [0.2, 0.25) is 0 Å². The van der Waals surface area contributed by atoms with Crippen molar-refractivity contribution < 1.29 is 9.53 Å². The van der Waals surface area contributed by atoms with Gasteiger partial charge in [-0.1, -0.05) is 30.3 Å². The Kier molecular flexibility index (Phi) is 3.91. The Morgan fingerprint density at radius 2 is 2.17 bits per heavy atom. The maximum atomic E-state index is 11.2. The number of rotatable bonds is 4. The Hall–Kier alpha value is -2.36. The van der Waals surface area contributed by atoms with Crippen molar-refractivity contribution >= 4 is 12.2 Å². The number of hydrogen-bond acceptors (Lipinski definition) is 3. The Morgan fingerprint density at radius 1 is 1.39 bits per heavy atom. The number of carbonyl (C=O) groups is 1. The standard InChI is InChI=1S/C14H14N2O2/c1-2-18-13(17)8-10-16-11-9-15-14(16)12-6-4-3-5-7-12/h3-11H,2H2,1H3/b10-8+. The fourth-order valence-corrected chi connectivity index (χ4v) is 1.58. The molecule has 0 amide bonds. The second kappa shape index (κ2) is 5.82. The van der Waals surface area contributed by atoms with Crippen LogP contribution in [0.1, 0.15) is 6.92 Å². The zero-order chi connectivity index (χ0) is 12.8. The number of aromatic nitrogens is 2. The van der Waals surface area contributed by atoms with Crippen LogP contribution in [0.2, 0.25) is 0 Å². The Bertz CT molecular complexity index is 544. The SMILES string of the molecule is CCOC(=O)/C=C/n1ccnc1-c1ccccc1. The third kappa shape index (κ3) is 2.85. The van der Waals surface area contributed by atoms with Crippen molar-refractivity contribution in [2.45, 2.75) is 6.92 Å². The van der Waals surface area contributed by atoms with Gasteiger partial charge in [-0.05, 0) is 6.92 Å². The number of ether oxygens (including phenoxy) is 1. The lowest BCUT2D eigenvalue weighted by molar-refractivity contribution is -0.137. The second-order valence-corrected chi connectivity index (χ2v) is 3.59. The number of carbonyl (C=O) groups excluding carboxylic acids is 1. The first-order valence-corrected chi connectivity index (χ1v) is 5.74. The zero-order valence-electron chi connectivity index (χ0n) is 10.1. The summed E-state index contributed by atoms with van der Waals surface area (Å²) in [4.78, 5) is 15.5. The van der Waals surface area contributed by atoms with Crippen LogP contribution in [0.3, 0.4) is 0 Å². The van der Waals surface area contributed by atoms with Crippen LogP contribution in [-0.4, -0.2) is 22.1 Å². The van der Waals surface area contributed by atoms with Gasteiger partial charge in [0.25, 0.3) is 0 Å². The van der Waals surface area contributed by atoms with E-state index in [1.54, 1.807) is 30.1 Å². The molecule has 0 atom stereocenters. The van der Waals surface area contributed by atoms with Crippen molar-refractivity contribution in [3.63, 3.8) is 0 Å². The molecule has 18 heavy (non-hydrogen) atoms. The molecule has 0 spiro atoms. The lowest BCUT2D eigenvalue weighted by Gasteiger charge is -2.02. The molecule has 0 radical (unpaired) electrons. The van der Waals surface area contributed by atoms with E-state index >= 15 is 0 Å². The summed E-state index contributed by atoms with van der Waals surface area (Å²) in [5, 5.41) is 0. The number of imidazole rings is 1. The smallest absolute Gasteiger partial charge is 0.332 e. The molecule has 2 rings (SSSR count). The zero-order valence-corrected chi connectivity index (χ0v) is 10.1. The molecule has 0 saturated carbocycles. The summed E-state index contributed by atoms with van der Waals surface area (Å²) >= 11 is 0. The van der Waals surface area contributed by atoms with Gasteiger partial charge in [0.15, 0.2) is 0 Å². The van der Waals surface area contributed by atoms with E-state index in [4.69, 9.17) is 4.74 Å². The minimum atomic E-state index is -0.356. The highest BCUT2D eigenvalue weighted by molar-refractivity contribution is 5.85. The highest BCUT2D eigenvalue weighted by Crippen LogP contribution is 2.16. The first-order chi connectivity index (χ1) is 8.81. The normalized spacial score (nSPS) is 10.7. The molecule has 2 aromatic rings. The van der Waals surface area contributed by atoms with E-state index in [9.17, 15) is 4.79 Å². The van der Waals surface area contributed by atoms with Crippen LogP contribution in [0.15, 0.2) is 48.8 Å². The van der Waals surface area contributed by atoms with Crippen LogP contribution in [-0.2, 0) is 9.53 Å². The molecule has 0 unspecified atom stereocenters. The molecule has 1 heterocycles. The predicted octanol–water partition coefficient (Wildman–Crippen LogP) is 2.58. The minimum absolute atomic E-state index is 0.356. The summed E-state index contributed by atoms with van der Waals surface area (Å²) in [5.41, 5.74) is 0.996. The van der Waals surface area contributed by atoms with Gasteiger partial charge >= 0.3 is 5.97 Å². The van der Waals surface area contributed by atoms with E-state index in [0.29, 0.717) is 6.61 Å². The topological polar surface area (TPSA) is 44.1 Å². The number of nitrogens with zero attached hydrogens (tertiary/aromatic N) is 2. The fourth-order valence-electron chi connectivity index (χ4n) is 1.58. The van der Waals surface area contributed by atoms with E-state index in [1.165, 1.54) is 6.08 Å². The Balaban J connectivity index is 2.21. The molecule has 0 aliphatic rings. The average Bonchev–Trinajstić information content (AvgIpc) is 2.86. The molecular weight excluding hydrogens is 228 g/mol. The van der Waals surface area contributed by atoms with Crippen LogP contribution in [0.4, 0.5) is 0 Å². The average molecular weight is 242 g/mol. The van der Waals surface area contributed by atoms with Crippen molar-refractivity contribution in [2.24, 2.45) is 0 Å². The quantitative estimate of drug-likeness (QED) is 0.611. The summed E-state index contributed by atoms with van der Waals surface area (Å²) in [6.45, 7) is 2.15. The monoisotopic (exact) mass is 242 g/mol. The number of benzene rings is 1. The van der Waals surface area contributed by atoms with Gasteiger partial charge in [-0.25, -0.2) is 9.78 Å². The summed E-state index contributed by atoms with van der Waals surface area (Å²) in [6.07, 6.45) is 6.51. The highest BCUT2D eigenvalue weighted by Gasteiger charge is 2.03. The summed E-state index contributed by atoms with van der Waals surface area (Å²) in [6, 6.07) is 9.78. The fraction of sp³-hybridized carbons (Fsp3) is 0.143. The van der Waals surface area contributed by atoms with Crippen LogP contribution < -0.4 is 0 Å². The van der Waals surface area contributed by atoms with Crippen molar-refractivity contribution in [2.75, 3.05) is 6.61 Å². The van der Waals surface area contributed by atoms with Crippen LogP contribution in [0, 0.1) is 0 Å². The Labute approximate surface area is 106 Å². The van der Waals surface area contributed by atoms with E-state index in [1.807, 2.05) is 30.3 Å². The molecule has 4 nitrogen and oxygen atoms in total. The third-order valence-corrected chi connectivity index (χ3v) is 2.36. The van der Waals surface area contributed by atoms with Gasteiger partial charge in [-0.2, -0.15) is 0 Å². The lowest BCUT2D eigenvalue weighted by atomic mass is 10.2. The van der Waals surface area contributed by atoms with E-state index in [-0.39, 0.29) is 5.97 Å². The highest BCUT2D eigenvalue weighted by atomic mass is 16.5. The van der Waals surface area contributed by atoms with Gasteiger partial charge in [0.1, 0.15) is 5.82 Å². The molecule has 0 aliphatic heterocycles.